The second-order valence-corrected chi connectivity index (χ2v) is 4.93. The van der Waals surface area contributed by atoms with Crippen molar-refractivity contribution in [2.75, 3.05) is 0 Å². The lowest BCUT2D eigenvalue weighted by atomic mass is 9.88. The molecule has 1 heterocycles. The van der Waals surface area contributed by atoms with Crippen LogP contribution in [0.2, 0.25) is 0 Å². The molecule has 0 bridgehead atoms. The van der Waals surface area contributed by atoms with Gasteiger partial charge in [0.15, 0.2) is 0 Å². The van der Waals surface area contributed by atoms with Gasteiger partial charge in [0.2, 0.25) is 5.91 Å². The highest BCUT2D eigenvalue weighted by molar-refractivity contribution is 5.85. The van der Waals surface area contributed by atoms with Crippen molar-refractivity contribution in [2.45, 2.75) is 25.7 Å². The maximum absolute atomic E-state index is 11.5. The summed E-state index contributed by atoms with van der Waals surface area (Å²) in [7, 11) is 0. The summed E-state index contributed by atoms with van der Waals surface area (Å²) in [4.78, 5) is 11.5. The van der Waals surface area contributed by atoms with Gasteiger partial charge in [0.1, 0.15) is 11.3 Å². The minimum absolute atomic E-state index is 0.0624. The van der Waals surface area contributed by atoms with Gasteiger partial charge in [-0.3, -0.25) is 4.79 Å². The Kier molecular flexibility index (Phi) is 2.05. The van der Waals surface area contributed by atoms with Crippen molar-refractivity contribution in [3.8, 4) is 0 Å². The average Bonchev–Trinajstić information content (AvgIpc) is 3.02. The number of para-hydroxylation sites is 1. The molecule has 0 radical (unpaired) electrons. The van der Waals surface area contributed by atoms with Gasteiger partial charge < -0.3 is 10.2 Å². The zero-order valence-corrected chi connectivity index (χ0v) is 9.77. The Hall–Kier alpha value is -1.77. The normalized spacial score (nSPS) is 19.1. The zero-order valence-electron chi connectivity index (χ0n) is 9.77. The molecular formula is C14H15NO2. The van der Waals surface area contributed by atoms with Gasteiger partial charge in [0.05, 0.1) is 5.41 Å². The van der Waals surface area contributed by atoms with Gasteiger partial charge in [0, 0.05) is 11.3 Å². The minimum Gasteiger partial charge on any atom is -0.461 e. The number of carbonyl (C=O) groups is 1. The summed E-state index contributed by atoms with van der Waals surface area (Å²) < 4.78 is 5.80. The monoisotopic (exact) mass is 229 g/mol. The fourth-order valence-electron chi connectivity index (χ4n) is 2.52. The number of carbonyl (C=O) groups excluding carboxylic acids is 1. The lowest BCUT2D eigenvalue weighted by molar-refractivity contribution is -0.123. The first kappa shape index (κ1) is 10.4. The highest BCUT2D eigenvalue weighted by Crippen LogP contribution is 2.56. The summed E-state index contributed by atoms with van der Waals surface area (Å²) in [6.07, 6.45) is 1.75. The maximum atomic E-state index is 11.5. The number of rotatable bonds is 3. The summed E-state index contributed by atoms with van der Waals surface area (Å²) in [5.41, 5.74) is 5.99. The Bertz CT molecular complexity index is 548. The van der Waals surface area contributed by atoms with Crippen LogP contribution in [0.3, 0.4) is 0 Å². The van der Waals surface area contributed by atoms with Crippen LogP contribution in [0, 0.1) is 5.41 Å². The first-order chi connectivity index (χ1) is 8.13. The number of hydrogen-bond acceptors (Lipinski definition) is 2. The number of hydrogen-bond donors (Lipinski definition) is 1. The van der Waals surface area contributed by atoms with Gasteiger partial charge in [0.25, 0.3) is 0 Å². The molecule has 2 aromatic rings. The number of amides is 1. The Morgan fingerprint density at radius 2 is 2.12 bits per heavy atom. The molecule has 1 aromatic carbocycles. The quantitative estimate of drug-likeness (QED) is 0.879. The summed E-state index contributed by atoms with van der Waals surface area (Å²) in [5.74, 6) is 0.723. The van der Waals surface area contributed by atoms with Gasteiger partial charge in [-0.25, -0.2) is 0 Å². The van der Waals surface area contributed by atoms with E-state index in [2.05, 4.69) is 0 Å². The summed E-state index contributed by atoms with van der Waals surface area (Å²) in [6, 6.07) is 9.89. The molecule has 0 spiro atoms. The van der Waals surface area contributed by atoms with Crippen molar-refractivity contribution in [1.29, 1.82) is 0 Å². The molecule has 3 heteroatoms. The molecule has 1 aromatic heterocycles. The smallest absolute Gasteiger partial charge is 0.224 e. The summed E-state index contributed by atoms with van der Waals surface area (Å²) in [5, 5.41) is 1.08. The van der Waals surface area contributed by atoms with Crippen LogP contribution in [0.4, 0.5) is 0 Å². The van der Waals surface area contributed by atoms with E-state index in [1.807, 2.05) is 37.3 Å². The molecule has 1 aliphatic rings. The van der Waals surface area contributed by atoms with E-state index in [1.165, 1.54) is 0 Å². The van der Waals surface area contributed by atoms with E-state index in [-0.39, 0.29) is 17.2 Å². The topological polar surface area (TPSA) is 56.2 Å². The summed E-state index contributed by atoms with van der Waals surface area (Å²) in [6.45, 7) is 2.02. The van der Waals surface area contributed by atoms with E-state index in [4.69, 9.17) is 10.2 Å². The van der Waals surface area contributed by atoms with Gasteiger partial charge in [-0.1, -0.05) is 25.1 Å². The molecule has 1 saturated carbocycles. The van der Waals surface area contributed by atoms with Crippen molar-refractivity contribution in [3.63, 3.8) is 0 Å². The molecule has 88 valence electrons. The molecular weight excluding hydrogens is 214 g/mol. The minimum atomic E-state index is -0.367. The van der Waals surface area contributed by atoms with E-state index in [0.29, 0.717) is 0 Å². The zero-order chi connectivity index (χ0) is 12.0. The van der Waals surface area contributed by atoms with Crippen LogP contribution in [-0.4, -0.2) is 5.91 Å². The van der Waals surface area contributed by atoms with Gasteiger partial charge >= 0.3 is 0 Å². The third-order valence-electron chi connectivity index (χ3n) is 3.98. The number of primary amides is 1. The second kappa shape index (κ2) is 3.36. The molecule has 1 aliphatic carbocycles. The summed E-state index contributed by atoms with van der Waals surface area (Å²) >= 11 is 0. The fourth-order valence-corrected chi connectivity index (χ4v) is 2.52. The predicted octanol–water partition coefficient (Wildman–Crippen LogP) is 2.80. The fraction of sp³-hybridized carbons (Fsp3) is 0.357. The van der Waals surface area contributed by atoms with Crippen LogP contribution in [0.15, 0.2) is 34.7 Å². The number of benzene rings is 1. The third-order valence-corrected chi connectivity index (χ3v) is 3.98. The number of nitrogens with two attached hydrogens (primary N) is 1. The lowest BCUT2D eigenvalue weighted by Gasteiger charge is -2.17. The Morgan fingerprint density at radius 1 is 1.41 bits per heavy atom. The van der Waals surface area contributed by atoms with Crippen LogP contribution in [-0.2, 0) is 4.79 Å². The van der Waals surface area contributed by atoms with Crippen molar-refractivity contribution >= 4 is 16.9 Å². The molecule has 3 rings (SSSR count). The standard InChI is InChI=1S/C14H15NO2/c1-9(14(6-7-14)13(15)16)12-8-10-4-2-3-5-11(10)17-12/h2-5,8-9H,6-7H2,1H3,(H2,15,16)/t9-/m0/s1. The number of furan rings is 1. The van der Waals surface area contributed by atoms with Crippen LogP contribution < -0.4 is 5.73 Å². The molecule has 1 fully saturated rings. The predicted molar refractivity (Wildman–Crippen MR) is 65.5 cm³/mol. The van der Waals surface area contributed by atoms with Crippen LogP contribution in [0.1, 0.15) is 31.4 Å². The SMILES string of the molecule is C[C@@H](c1cc2ccccc2o1)C1(C(N)=O)CC1. The van der Waals surface area contributed by atoms with Crippen LogP contribution in [0.25, 0.3) is 11.0 Å². The van der Waals surface area contributed by atoms with Crippen LogP contribution in [0.5, 0.6) is 0 Å². The number of fused-ring (bicyclic) bond motifs is 1. The van der Waals surface area contributed by atoms with Crippen molar-refractivity contribution in [2.24, 2.45) is 11.1 Å². The molecule has 1 amide bonds. The molecule has 3 nitrogen and oxygen atoms in total. The largest absolute Gasteiger partial charge is 0.461 e. The lowest BCUT2D eigenvalue weighted by Crippen LogP contribution is -2.29. The first-order valence-corrected chi connectivity index (χ1v) is 5.92. The van der Waals surface area contributed by atoms with E-state index >= 15 is 0 Å². The Morgan fingerprint density at radius 3 is 2.71 bits per heavy atom. The Balaban J connectivity index is 2.01. The maximum Gasteiger partial charge on any atom is 0.224 e. The van der Waals surface area contributed by atoms with E-state index in [0.717, 1.165) is 29.6 Å². The van der Waals surface area contributed by atoms with E-state index < -0.39 is 0 Å². The van der Waals surface area contributed by atoms with Crippen molar-refractivity contribution < 1.29 is 9.21 Å². The van der Waals surface area contributed by atoms with Crippen LogP contribution >= 0.6 is 0 Å². The molecule has 0 unspecified atom stereocenters. The molecule has 0 aliphatic heterocycles. The molecule has 0 saturated heterocycles. The third kappa shape index (κ3) is 1.46. The first-order valence-electron chi connectivity index (χ1n) is 5.92. The van der Waals surface area contributed by atoms with Gasteiger partial charge in [-0.05, 0) is 25.0 Å². The van der Waals surface area contributed by atoms with Gasteiger partial charge in [-0.2, -0.15) is 0 Å². The van der Waals surface area contributed by atoms with Gasteiger partial charge in [-0.15, -0.1) is 0 Å². The highest BCUT2D eigenvalue weighted by atomic mass is 16.3. The Labute approximate surface area is 99.6 Å². The molecule has 1 atom stereocenters. The molecule has 17 heavy (non-hydrogen) atoms. The van der Waals surface area contributed by atoms with E-state index in [9.17, 15) is 4.79 Å². The van der Waals surface area contributed by atoms with Crippen molar-refractivity contribution in [3.05, 3.63) is 36.1 Å². The molecule has 2 N–H and O–H groups in total. The second-order valence-electron chi connectivity index (χ2n) is 4.93. The van der Waals surface area contributed by atoms with Crippen molar-refractivity contribution in [1.82, 2.24) is 0 Å². The van der Waals surface area contributed by atoms with E-state index in [1.54, 1.807) is 0 Å². The average molecular weight is 229 g/mol. The highest BCUT2D eigenvalue weighted by Gasteiger charge is 2.54.